The van der Waals surface area contributed by atoms with Crippen LogP contribution in [0.5, 0.6) is 0 Å². The third kappa shape index (κ3) is 4.52. The Bertz CT molecular complexity index is 1510. The molecule has 2 N–H and O–H groups in total. The smallest absolute Gasteiger partial charge is 0.255 e. The van der Waals surface area contributed by atoms with Crippen molar-refractivity contribution in [3.8, 4) is 0 Å². The fourth-order valence-electron chi connectivity index (χ4n) is 3.66. The average molecular weight is 444 g/mol. The van der Waals surface area contributed by atoms with Crippen molar-refractivity contribution in [1.82, 2.24) is 15.2 Å². The van der Waals surface area contributed by atoms with E-state index in [0.29, 0.717) is 22.4 Å². The lowest BCUT2D eigenvalue weighted by atomic mass is 10.0. The molecule has 3 aromatic carbocycles. The lowest BCUT2D eigenvalue weighted by molar-refractivity contribution is 0.102. The van der Waals surface area contributed by atoms with Crippen molar-refractivity contribution in [2.75, 3.05) is 5.32 Å². The van der Waals surface area contributed by atoms with Gasteiger partial charge < -0.3 is 5.32 Å². The number of nitrogens with one attached hydrogen (secondary N) is 2. The Morgan fingerprint density at radius 3 is 2.38 bits per heavy atom. The number of benzene rings is 3. The zero-order chi connectivity index (χ0) is 23.3. The predicted molar refractivity (Wildman–Crippen MR) is 134 cm³/mol. The van der Waals surface area contributed by atoms with Gasteiger partial charge in [-0.2, -0.15) is 5.10 Å². The highest BCUT2D eigenvalue weighted by Crippen LogP contribution is 2.22. The van der Waals surface area contributed by atoms with Crippen LogP contribution in [0.25, 0.3) is 23.1 Å². The fraction of sp³-hybridized carbons (Fsp3) is 0. The third-order valence-electron chi connectivity index (χ3n) is 5.41. The molecule has 0 bridgehead atoms. The summed E-state index contributed by atoms with van der Waals surface area (Å²) in [6.45, 7) is 0. The van der Waals surface area contributed by atoms with E-state index in [1.54, 1.807) is 60.9 Å². The molecule has 0 aliphatic heterocycles. The molecule has 2 aromatic heterocycles. The van der Waals surface area contributed by atoms with Gasteiger partial charge in [0.15, 0.2) is 5.78 Å². The van der Waals surface area contributed by atoms with E-state index >= 15 is 0 Å². The Balaban J connectivity index is 1.36. The minimum atomic E-state index is -0.262. The van der Waals surface area contributed by atoms with E-state index in [0.717, 1.165) is 22.2 Å². The Kier molecular flexibility index (Phi) is 5.78. The van der Waals surface area contributed by atoms with Gasteiger partial charge in [0, 0.05) is 40.2 Å². The molecule has 0 saturated heterocycles. The van der Waals surface area contributed by atoms with Crippen LogP contribution in [-0.2, 0) is 0 Å². The molecule has 0 unspecified atom stereocenters. The van der Waals surface area contributed by atoms with Crippen molar-refractivity contribution >= 4 is 40.4 Å². The van der Waals surface area contributed by atoms with E-state index in [9.17, 15) is 9.59 Å². The lowest BCUT2D eigenvalue weighted by Crippen LogP contribution is -2.12. The number of aromatic nitrogens is 3. The minimum Gasteiger partial charge on any atom is -0.322 e. The molecule has 0 aliphatic carbocycles. The van der Waals surface area contributed by atoms with Crippen molar-refractivity contribution in [1.29, 1.82) is 0 Å². The standard InChI is InChI=1S/C28H20N4O2/c33-27(21-7-4-8-23(17-21)30-28(34)20-13-15-29-16-14-20)22-10-11-24-25(31-32-26(24)18-22)12-9-19-5-2-1-3-6-19/h1-18H,(H,30,34)(H,31,32)/b12-9+. The van der Waals surface area contributed by atoms with E-state index in [4.69, 9.17) is 0 Å². The minimum absolute atomic E-state index is 0.141. The van der Waals surface area contributed by atoms with Gasteiger partial charge in [-0.1, -0.05) is 54.6 Å². The quantitative estimate of drug-likeness (QED) is 0.333. The molecule has 6 nitrogen and oxygen atoms in total. The molecule has 0 atom stereocenters. The monoisotopic (exact) mass is 444 g/mol. The Morgan fingerprint density at radius 2 is 1.56 bits per heavy atom. The van der Waals surface area contributed by atoms with Gasteiger partial charge in [0.2, 0.25) is 0 Å². The summed E-state index contributed by atoms with van der Waals surface area (Å²) < 4.78 is 0. The molecule has 0 aliphatic rings. The first-order valence-corrected chi connectivity index (χ1v) is 10.7. The van der Waals surface area contributed by atoms with Gasteiger partial charge in [0.05, 0.1) is 11.2 Å². The number of ketones is 1. The fourth-order valence-corrected chi connectivity index (χ4v) is 3.66. The Hall–Kier alpha value is -4.84. The maximum Gasteiger partial charge on any atom is 0.255 e. The maximum atomic E-state index is 13.1. The molecule has 6 heteroatoms. The summed E-state index contributed by atoms with van der Waals surface area (Å²) in [6.07, 6.45) is 7.07. The molecule has 0 spiro atoms. The molecule has 164 valence electrons. The molecule has 5 rings (SSSR count). The molecule has 0 radical (unpaired) electrons. The third-order valence-corrected chi connectivity index (χ3v) is 5.41. The summed E-state index contributed by atoms with van der Waals surface area (Å²) in [5.74, 6) is -0.403. The van der Waals surface area contributed by atoms with E-state index in [1.165, 1.54) is 0 Å². The summed E-state index contributed by atoms with van der Waals surface area (Å²) in [4.78, 5) is 29.5. The molecular weight excluding hydrogens is 424 g/mol. The first-order chi connectivity index (χ1) is 16.7. The highest BCUT2D eigenvalue weighted by atomic mass is 16.1. The number of hydrogen-bond acceptors (Lipinski definition) is 4. The normalized spacial score (nSPS) is 11.1. The summed E-state index contributed by atoms with van der Waals surface area (Å²) >= 11 is 0. The van der Waals surface area contributed by atoms with Crippen LogP contribution in [0.15, 0.2) is 97.3 Å². The number of pyridine rings is 1. The maximum absolute atomic E-state index is 13.1. The second-order valence-corrected chi connectivity index (χ2v) is 7.71. The number of carbonyl (C=O) groups excluding carboxylic acids is 2. The van der Waals surface area contributed by atoms with Gasteiger partial charge >= 0.3 is 0 Å². The van der Waals surface area contributed by atoms with E-state index in [-0.39, 0.29) is 11.7 Å². The molecule has 34 heavy (non-hydrogen) atoms. The zero-order valence-electron chi connectivity index (χ0n) is 18.1. The van der Waals surface area contributed by atoms with Crippen molar-refractivity contribution in [3.05, 3.63) is 125 Å². The topological polar surface area (TPSA) is 87.7 Å². The van der Waals surface area contributed by atoms with Crippen LogP contribution in [0.3, 0.4) is 0 Å². The zero-order valence-corrected chi connectivity index (χ0v) is 18.1. The number of hydrogen-bond donors (Lipinski definition) is 2. The molecule has 5 aromatic rings. The average Bonchev–Trinajstić information content (AvgIpc) is 3.30. The van der Waals surface area contributed by atoms with E-state index < -0.39 is 0 Å². The summed E-state index contributed by atoms with van der Waals surface area (Å²) in [5.41, 5.74) is 4.72. The predicted octanol–water partition coefficient (Wildman–Crippen LogP) is 5.61. The molecular formula is C28H20N4O2. The van der Waals surface area contributed by atoms with Crippen LogP contribution < -0.4 is 5.32 Å². The van der Waals surface area contributed by atoms with Crippen molar-refractivity contribution in [2.45, 2.75) is 0 Å². The number of carbonyl (C=O) groups is 2. The van der Waals surface area contributed by atoms with E-state index in [1.807, 2.05) is 48.6 Å². The number of aromatic amines is 1. The van der Waals surface area contributed by atoms with Crippen LogP contribution in [0.4, 0.5) is 5.69 Å². The molecule has 1 amide bonds. The molecule has 2 heterocycles. The second kappa shape index (κ2) is 9.34. The Labute approximate surface area is 196 Å². The summed E-state index contributed by atoms with van der Waals surface area (Å²) in [7, 11) is 0. The van der Waals surface area contributed by atoms with Gasteiger partial charge in [-0.15, -0.1) is 0 Å². The van der Waals surface area contributed by atoms with E-state index in [2.05, 4.69) is 20.5 Å². The van der Waals surface area contributed by atoms with Gasteiger partial charge in [0.1, 0.15) is 0 Å². The number of nitrogens with zero attached hydrogens (tertiary/aromatic N) is 2. The van der Waals surface area contributed by atoms with Gasteiger partial charge in [0.25, 0.3) is 5.91 Å². The number of anilines is 1. The van der Waals surface area contributed by atoms with Crippen molar-refractivity contribution in [3.63, 3.8) is 0 Å². The van der Waals surface area contributed by atoms with Crippen molar-refractivity contribution in [2.24, 2.45) is 0 Å². The van der Waals surface area contributed by atoms with Crippen molar-refractivity contribution < 1.29 is 9.59 Å². The SMILES string of the molecule is O=C(Nc1cccc(C(=O)c2ccc3c(/C=C/c4ccccc4)n[nH]c3c2)c1)c1ccncc1. The second-order valence-electron chi connectivity index (χ2n) is 7.71. The van der Waals surface area contributed by atoms with Crippen LogP contribution in [0.2, 0.25) is 0 Å². The number of fused-ring (bicyclic) bond motifs is 1. The summed E-state index contributed by atoms with van der Waals surface area (Å²) in [6, 6.07) is 25.6. The molecule has 0 fully saturated rings. The largest absolute Gasteiger partial charge is 0.322 e. The highest BCUT2D eigenvalue weighted by Gasteiger charge is 2.13. The number of amides is 1. The van der Waals surface area contributed by atoms with Gasteiger partial charge in [-0.3, -0.25) is 19.7 Å². The highest BCUT2D eigenvalue weighted by molar-refractivity contribution is 6.12. The first-order valence-electron chi connectivity index (χ1n) is 10.7. The van der Waals surface area contributed by atoms with Crippen LogP contribution in [0.1, 0.15) is 37.5 Å². The van der Waals surface area contributed by atoms with Gasteiger partial charge in [-0.05, 0) is 48.0 Å². The number of rotatable bonds is 6. The molecule has 0 saturated carbocycles. The van der Waals surface area contributed by atoms with Gasteiger partial charge in [-0.25, -0.2) is 0 Å². The number of H-pyrrole nitrogens is 1. The lowest BCUT2D eigenvalue weighted by Gasteiger charge is -2.07. The summed E-state index contributed by atoms with van der Waals surface area (Å²) in [5, 5.41) is 11.2. The van der Waals surface area contributed by atoms with Crippen LogP contribution in [0, 0.1) is 0 Å². The van der Waals surface area contributed by atoms with Crippen LogP contribution >= 0.6 is 0 Å². The van der Waals surface area contributed by atoms with Crippen LogP contribution in [-0.4, -0.2) is 26.9 Å². The first kappa shape index (κ1) is 21.0. The Morgan fingerprint density at radius 1 is 0.765 bits per heavy atom.